The van der Waals surface area contributed by atoms with Crippen LogP contribution in [0.25, 0.3) is 33.9 Å². The fraction of sp³-hybridized carbons (Fsp3) is 0.0476. The summed E-state index contributed by atoms with van der Waals surface area (Å²) < 4.78 is 0. The third-order valence-electron chi connectivity index (χ3n) is 4.02. The number of allylic oxidation sites excluding steroid dienone is 1. The zero-order chi connectivity index (χ0) is 17.8. The molecule has 4 N–H and O–H groups in total. The fourth-order valence-corrected chi connectivity index (χ4v) is 2.47. The molecule has 0 aliphatic carbocycles. The lowest BCUT2D eigenvalue weighted by Gasteiger charge is -2.06. The van der Waals surface area contributed by atoms with Crippen molar-refractivity contribution in [3.05, 3.63) is 84.7 Å². The van der Waals surface area contributed by atoms with E-state index >= 15 is 0 Å². The maximum atomic E-state index is 5.90. The van der Waals surface area contributed by atoms with Crippen molar-refractivity contribution in [1.29, 1.82) is 0 Å². The van der Waals surface area contributed by atoms with Gasteiger partial charge in [0.2, 0.25) is 0 Å². The Hall–Kier alpha value is -3.40. The molecule has 4 heteroatoms. The monoisotopic (exact) mass is 328 g/mol. The molecule has 2 heterocycles. The molecular weight excluding hydrogens is 308 g/mol. The highest BCUT2D eigenvalue weighted by atomic mass is 14.7. The molecule has 0 radical (unpaired) electrons. The average molecular weight is 328 g/mol. The van der Waals surface area contributed by atoms with Crippen LogP contribution in [0.2, 0.25) is 0 Å². The van der Waals surface area contributed by atoms with Gasteiger partial charge in [-0.05, 0) is 31.2 Å². The minimum Gasteiger partial charge on any atom is -0.399 e. The van der Waals surface area contributed by atoms with Crippen molar-refractivity contribution < 1.29 is 0 Å². The SMILES string of the molecule is C=C(N)c1ccc(-c2ccc(-c3ccc(C(N)=CC)cn3)cc2)nc1. The van der Waals surface area contributed by atoms with Crippen LogP contribution < -0.4 is 11.5 Å². The second-order valence-electron chi connectivity index (χ2n) is 5.71. The van der Waals surface area contributed by atoms with E-state index in [-0.39, 0.29) is 0 Å². The summed E-state index contributed by atoms with van der Waals surface area (Å²) in [6, 6.07) is 15.9. The molecule has 1 aromatic carbocycles. The summed E-state index contributed by atoms with van der Waals surface area (Å²) >= 11 is 0. The van der Waals surface area contributed by atoms with Gasteiger partial charge < -0.3 is 11.5 Å². The predicted octanol–water partition coefficient (Wildman–Crippen LogP) is 4.06. The molecule has 0 unspecified atom stereocenters. The normalized spacial score (nSPS) is 11.3. The second kappa shape index (κ2) is 7.01. The first kappa shape index (κ1) is 16.5. The van der Waals surface area contributed by atoms with E-state index in [4.69, 9.17) is 11.5 Å². The quantitative estimate of drug-likeness (QED) is 0.757. The van der Waals surface area contributed by atoms with Crippen molar-refractivity contribution in [2.75, 3.05) is 0 Å². The van der Waals surface area contributed by atoms with Gasteiger partial charge in [-0.25, -0.2) is 0 Å². The smallest absolute Gasteiger partial charge is 0.0702 e. The first-order valence-corrected chi connectivity index (χ1v) is 7.98. The van der Waals surface area contributed by atoms with E-state index in [0.29, 0.717) is 5.70 Å². The molecule has 0 atom stereocenters. The lowest BCUT2D eigenvalue weighted by atomic mass is 10.0. The standard InChI is InChI=1S/C21H20N4/c1-3-19(23)18-9-11-21(25-13-18)16-6-4-15(5-7-16)20-10-8-17(12-24-20)14(2)22/h3-13H,2,22-23H2,1H3. The van der Waals surface area contributed by atoms with Gasteiger partial charge in [0.25, 0.3) is 0 Å². The van der Waals surface area contributed by atoms with Crippen LogP contribution >= 0.6 is 0 Å². The number of hydrogen-bond donors (Lipinski definition) is 2. The highest BCUT2D eigenvalue weighted by Gasteiger charge is 2.04. The molecule has 0 saturated heterocycles. The maximum Gasteiger partial charge on any atom is 0.0702 e. The molecule has 0 fully saturated rings. The first-order chi connectivity index (χ1) is 12.1. The zero-order valence-corrected chi connectivity index (χ0v) is 14.1. The van der Waals surface area contributed by atoms with Crippen molar-refractivity contribution >= 4 is 11.4 Å². The fourth-order valence-electron chi connectivity index (χ4n) is 2.47. The highest BCUT2D eigenvalue weighted by Crippen LogP contribution is 2.23. The Kier molecular flexibility index (Phi) is 4.61. The van der Waals surface area contributed by atoms with Gasteiger partial charge >= 0.3 is 0 Å². The molecule has 0 aliphatic heterocycles. The third-order valence-corrected chi connectivity index (χ3v) is 4.02. The van der Waals surface area contributed by atoms with Gasteiger partial charge in [-0.3, -0.25) is 9.97 Å². The molecular formula is C21H20N4. The van der Waals surface area contributed by atoms with E-state index in [9.17, 15) is 0 Å². The van der Waals surface area contributed by atoms with Gasteiger partial charge in [0.15, 0.2) is 0 Å². The number of nitrogens with zero attached hydrogens (tertiary/aromatic N) is 2. The maximum absolute atomic E-state index is 5.90. The van der Waals surface area contributed by atoms with E-state index in [1.807, 2.05) is 61.5 Å². The Morgan fingerprint density at radius 3 is 1.64 bits per heavy atom. The van der Waals surface area contributed by atoms with Crippen LogP contribution in [0.5, 0.6) is 0 Å². The Bertz CT molecular complexity index is 906. The number of benzene rings is 1. The number of pyridine rings is 2. The molecule has 0 aliphatic rings. The topological polar surface area (TPSA) is 77.8 Å². The number of nitrogens with two attached hydrogens (primary N) is 2. The molecule has 0 amide bonds. The summed E-state index contributed by atoms with van der Waals surface area (Å²) in [7, 11) is 0. The van der Waals surface area contributed by atoms with Crippen LogP contribution in [0, 0.1) is 0 Å². The number of aromatic nitrogens is 2. The molecule has 4 nitrogen and oxygen atoms in total. The van der Waals surface area contributed by atoms with Crippen molar-refractivity contribution in [1.82, 2.24) is 9.97 Å². The van der Waals surface area contributed by atoms with Crippen LogP contribution in [0.15, 0.2) is 73.6 Å². The van der Waals surface area contributed by atoms with Crippen LogP contribution in [0.4, 0.5) is 0 Å². The lowest BCUT2D eigenvalue weighted by molar-refractivity contribution is 1.29. The first-order valence-electron chi connectivity index (χ1n) is 7.98. The predicted molar refractivity (Wildman–Crippen MR) is 104 cm³/mol. The van der Waals surface area contributed by atoms with Gasteiger partial charge in [0.05, 0.1) is 11.4 Å². The zero-order valence-electron chi connectivity index (χ0n) is 14.1. The summed E-state index contributed by atoms with van der Waals surface area (Å²) in [5.41, 5.74) is 18.4. The summed E-state index contributed by atoms with van der Waals surface area (Å²) in [6.07, 6.45) is 5.39. The van der Waals surface area contributed by atoms with Gasteiger partial charge in [-0.15, -0.1) is 0 Å². The van der Waals surface area contributed by atoms with Crippen molar-refractivity contribution in [3.8, 4) is 22.5 Å². The van der Waals surface area contributed by atoms with Gasteiger partial charge in [0, 0.05) is 46.0 Å². The largest absolute Gasteiger partial charge is 0.399 e. The Morgan fingerprint density at radius 1 is 0.800 bits per heavy atom. The van der Waals surface area contributed by atoms with Gasteiger partial charge in [-0.1, -0.05) is 36.9 Å². The van der Waals surface area contributed by atoms with Crippen LogP contribution in [0.1, 0.15) is 18.1 Å². The van der Waals surface area contributed by atoms with E-state index in [0.717, 1.165) is 39.3 Å². The van der Waals surface area contributed by atoms with Crippen LogP contribution in [-0.4, -0.2) is 9.97 Å². The Labute approximate surface area is 147 Å². The van der Waals surface area contributed by atoms with Crippen molar-refractivity contribution in [3.63, 3.8) is 0 Å². The molecule has 124 valence electrons. The van der Waals surface area contributed by atoms with Gasteiger partial charge in [-0.2, -0.15) is 0 Å². The summed E-state index contributed by atoms with van der Waals surface area (Å²) in [6.45, 7) is 5.62. The molecule has 25 heavy (non-hydrogen) atoms. The molecule has 0 spiro atoms. The number of rotatable bonds is 4. The Balaban J connectivity index is 1.83. The third kappa shape index (κ3) is 3.58. The summed E-state index contributed by atoms with van der Waals surface area (Å²) in [5, 5.41) is 0. The van der Waals surface area contributed by atoms with Crippen molar-refractivity contribution in [2.24, 2.45) is 11.5 Å². The highest BCUT2D eigenvalue weighted by molar-refractivity contribution is 5.69. The second-order valence-corrected chi connectivity index (χ2v) is 5.71. The van der Waals surface area contributed by atoms with E-state index in [2.05, 4.69) is 16.5 Å². The lowest BCUT2D eigenvalue weighted by Crippen LogP contribution is -1.96. The Morgan fingerprint density at radius 2 is 1.28 bits per heavy atom. The molecule has 2 aromatic heterocycles. The van der Waals surface area contributed by atoms with E-state index < -0.39 is 0 Å². The summed E-state index contributed by atoms with van der Waals surface area (Å²) in [5.74, 6) is 0. The molecule has 3 rings (SSSR count). The van der Waals surface area contributed by atoms with E-state index in [1.54, 1.807) is 12.4 Å². The minimum atomic E-state index is 0.516. The molecule has 0 saturated carbocycles. The van der Waals surface area contributed by atoms with Crippen LogP contribution in [-0.2, 0) is 0 Å². The van der Waals surface area contributed by atoms with E-state index in [1.165, 1.54) is 0 Å². The van der Waals surface area contributed by atoms with Gasteiger partial charge in [0.1, 0.15) is 0 Å². The van der Waals surface area contributed by atoms with Crippen molar-refractivity contribution in [2.45, 2.75) is 6.92 Å². The summed E-state index contributed by atoms with van der Waals surface area (Å²) in [4.78, 5) is 8.93. The number of hydrogen-bond acceptors (Lipinski definition) is 4. The minimum absolute atomic E-state index is 0.516. The molecule has 0 bridgehead atoms. The molecule has 3 aromatic rings. The average Bonchev–Trinajstić information content (AvgIpc) is 2.67. The van der Waals surface area contributed by atoms with Crippen LogP contribution in [0.3, 0.4) is 0 Å².